The lowest BCUT2D eigenvalue weighted by Crippen LogP contribution is -2.36. The topological polar surface area (TPSA) is 81.9 Å². The highest BCUT2D eigenvalue weighted by molar-refractivity contribution is 5.72. The number of nitrogens with two attached hydrogens (primary N) is 1. The van der Waals surface area contributed by atoms with Crippen molar-refractivity contribution in [3.63, 3.8) is 0 Å². The molecule has 1 aliphatic heterocycles. The highest BCUT2D eigenvalue weighted by atomic mass is 16.6. The number of hydrogen-bond acceptors (Lipinski definition) is 5. The summed E-state index contributed by atoms with van der Waals surface area (Å²) in [6, 6.07) is 0. The van der Waals surface area contributed by atoms with Gasteiger partial charge in [0.2, 0.25) is 0 Å². The van der Waals surface area contributed by atoms with E-state index >= 15 is 0 Å². The van der Waals surface area contributed by atoms with Crippen molar-refractivity contribution >= 4 is 12.1 Å². The van der Waals surface area contributed by atoms with Crippen molar-refractivity contribution in [2.45, 2.75) is 38.9 Å². The fourth-order valence-corrected chi connectivity index (χ4v) is 1.55. The second kappa shape index (κ2) is 5.35. The van der Waals surface area contributed by atoms with E-state index in [9.17, 15) is 9.59 Å². The third-order valence-corrected chi connectivity index (χ3v) is 2.26. The Bertz CT molecular complexity index is 298. The molecule has 2 N–H and O–H groups in total. The number of rotatable bonds is 2. The van der Waals surface area contributed by atoms with E-state index in [4.69, 9.17) is 15.2 Å². The molecule has 0 aliphatic carbocycles. The molecule has 0 aromatic carbocycles. The summed E-state index contributed by atoms with van der Waals surface area (Å²) in [5.74, 6) is -0.443. The average molecular weight is 244 g/mol. The minimum absolute atomic E-state index is 0.136. The molecule has 1 atom stereocenters. The van der Waals surface area contributed by atoms with Crippen molar-refractivity contribution in [3.05, 3.63) is 0 Å². The Hall–Kier alpha value is -1.30. The van der Waals surface area contributed by atoms with Crippen LogP contribution in [0.1, 0.15) is 27.2 Å². The summed E-state index contributed by atoms with van der Waals surface area (Å²) in [6.45, 7) is 6.22. The van der Waals surface area contributed by atoms with E-state index in [0.29, 0.717) is 19.5 Å². The quantitative estimate of drug-likeness (QED) is 0.715. The summed E-state index contributed by atoms with van der Waals surface area (Å²) >= 11 is 0. The standard InChI is InChI=1S/C11H20N2O4/c1-11(2,3)17-10(15)13-5-4-8(7-13)16-9(14)6-12/h8H,4-7,12H2,1-3H3. The molecule has 0 saturated carbocycles. The number of hydrogen-bond donors (Lipinski definition) is 1. The summed E-state index contributed by atoms with van der Waals surface area (Å²) in [4.78, 5) is 24.2. The summed E-state index contributed by atoms with van der Waals surface area (Å²) < 4.78 is 10.3. The zero-order chi connectivity index (χ0) is 13.1. The van der Waals surface area contributed by atoms with Gasteiger partial charge >= 0.3 is 12.1 Å². The molecule has 1 saturated heterocycles. The molecule has 17 heavy (non-hydrogen) atoms. The number of esters is 1. The smallest absolute Gasteiger partial charge is 0.410 e. The van der Waals surface area contributed by atoms with Gasteiger partial charge in [0.15, 0.2) is 0 Å². The molecular formula is C11H20N2O4. The van der Waals surface area contributed by atoms with E-state index in [1.54, 1.807) is 4.90 Å². The monoisotopic (exact) mass is 244 g/mol. The van der Waals surface area contributed by atoms with E-state index < -0.39 is 11.6 Å². The van der Waals surface area contributed by atoms with Crippen LogP contribution in [0.4, 0.5) is 4.79 Å². The predicted molar refractivity (Wildman–Crippen MR) is 61.4 cm³/mol. The number of carbonyl (C=O) groups is 2. The van der Waals surface area contributed by atoms with Gasteiger partial charge in [0.1, 0.15) is 11.7 Å². The Morgan fingerprint density at radius 3 is 2.59 bits per heavy atom. The normalized spacial score (nSPS) is 20.2. The van der Waals surface area contributed by atoms with Crippen LogP contribution >= 0.6 is 0 Å². The van der Waals surface area contributed by atoms with Gasteiger partial charge < -0.3 is 20.1 Å². The lowest BCUT2D eigenvalue weighted by Gasteiger charge is -2.24. The van der Waals surface area contributed by atoms with Gasteiger partial charge in [-0.25, -0.2) is 4.79 Å². The van der Waals surface area contributed by atoms with Crippen LogP contribution in [0.15, 0.2) is 0 Å². The van der Waals surface area contributed by atoms with Crippen LogP contribution in [0.2, 0.25) is 0 Å². The van der Waals surface area contributed by atoms with Crippen LogP contribution in [-0.4, -0.2) is 48.3 Å². The Balaban J connectivity index is 2.39. The highest BCUT2D eigenvalue weighted by Gasteiger charge is 2.31. The molecule has 6 heteroatoms. The molecule has 0 spiro atoms. The molecule has 0 aromatic heterocycles. The maximum atomic E-state index is 11.7. The summed E-state index contributed by atoms with van der Waals surface area (Å²) in [5, 5.41) is 0. The maximum absolute atomic E-state index is 11.7. The first kappa shape index (κ1) is 13.8. The first-order valence-corrected chi connectivity index (χ1v) is 5.69. The average Bonchev–Trinajstić information content (AvgIpc) is 2.63. The SMILES string of the molecule is CC(C)(C)OC(=O)N1CCC(OC(=O)CN)C1. The molecule has 0 radical (unpaired) electrons. The lowest BCUT2D eigenvalue weighted by molar-refractivity contribution is -0.146. The third kappa shape index (κ3) is 4.60. The number of nitrogens with zero attached hydrogens (tertiary/aromatic N) is 1. The molecule has 1 heterocycles. The van der Waals surface area contributed by atoms with Crippen LogP contribution in [0.25, 0.3) is 0 Å². The van der Waals surface area contributed by atoms with Crippen molar-refractivity contribution in [1.29, 1.82) is 0 Å². The van der Waals surface area contributed by atoms with Gasteiger partial charge in [-0.2, -0.15) is 0 Å². The summed E-state index contributed by atoms with van der Waals surface area (Å²) in [6.07, 6.45) is -0.00676. The van der Waals surface area contributed by atoms with Crippen LogP contribution in [0.5, 0.6) is 0 Å². The largest absolute Gasteiger partial charge is 0.459 e. The van der Waals surface area contributed by atoms with Crippen LogP contribution in [0, 0.1) is 0 Å². The minimum atomic E-state index is -0.511. The number of ether oxygens (including phenoxy) is 2. The maximum Gasteiger partial charge on any atom is 0.410 e. The molecule has 1 fully saturated rings. The zero-order valence-corrected chi connectivity index (χ0v) is 10.6. The van der Waals surface area contributed by atoms with Crippen LogP contribution < -0.4 is 5.73 Å². The Kier molecular flexibility index (Phi) is 4.34. The van der Waals surface area contributed by atoms with E-state index in [-0.39, 0.29) is 18.7 Å². The third-order valence-electron chi connectivity index (χ3n) is 2.26. The predicted octanol–water partition coefficient (Wildman–Crippen LogP) is 0.498. The van der Waals surface area contributed by atoms with Crippen molar-refractivity contribution in [2.24, 2.45) is 5.73 Å². The molecule has 6 nitrogen and oxygen atoms in total. The number of likely N-dealkylation sites (tertiary alicyclic amines) is 1. The molecule has 1 aliphatic rings. The Morgan fingerprint density at radius 2 is 2.06 bits per heavy atom. The molecule has 0 bridgehead atoms. The zero-order valence-electron chi connectivity index (χ0n) is 10.6. The van der Waals surface area contributed by atoms with Crippen molar-refractivity contribution in [3.8, 4) is 0 Å². The second-order valence-corrected chi connectivity index (χ2v) is 5.03. The van der Waals surface area contributed by atoms with Crippen molar-refractivity contribution in [2.75, 3.05) is 19.6 Å². The van der Waals surface area contributed by atoms with E-state index in [1.807, 2.05) is 20.8 Å². The van der Waals surface area contributed by atoms with Gasteiger partial charge in [-0.3, -0.25) is 4.79 Å². The number of carbonyl (C=O) groups excluding carboxylic acids is 2. The van der Waals surface area contributed by atoms with Crippen molar-refractivity contribution in [1.82, 2.24) is 4.90 Å². The lowest BCUT2D eigenvalue weighted by atomic mass is 10.2. The Labute approximate surface area is 101 Å². The fraction of sp³-hybridized carbons (Fsp3) is 0.818. The van der Waals surface area contributed by atoms with Gasteiger partial charge in [-0.15, -0.1) is 0 Å². The fourth-order valence-electron chi connectivity index (χ4n) is 1.55. The van der Waals surface area contributed by atoms with E-state index in [1.165, 1.54) is 0 Å². The highest BCUT2D eigenvalue weighted by Crippen LogP contribution is 2.17. The molecule has 0 aromatic rings. The minimum Gasteiger partial charge on any atom is -0.459 e. The van der Waals surface area contributed by atoms with Crippen LogP contribution in [0.3, 0.4) is 0 Å². The molecule has 1 unspecified atom stereocenters. The van der Waals surface area contributed by atoms with E-state index in [2.05, 4.69) is 0 Å². The van der Waals surface area contributed by atoms with Gasteiger partial charge in [0.05, 0.1) is 13.1 Å². The van der Waals surface area contributed by atoms with Crippen LogP contribution in [-0.2, 0) is 14.3 Å². The first-order chi connectivity index (χ1) is 7.81. The summed E-state index contributed by atoms with van der Waals surface area (Å²) in [5.41, 5.74) is 4.64. The van der Waals surface area contributed by atoms with Gasteiger partial charge in [-0.05, 0) is 20.8 Å². The van der Waals surface area contributed by atoms with Gasteiger partial charge in [-0.1, -0.05) is 0 Å². The molecule has 1 amide bonds. The second-order valence-electron chi connectivity index (χ2n) is 5.03. The first-order valence-electron chi connectivity index (χ1n) is 5.69. The molecule has 98 valence electrons. The van der Waals surface area contributed by atoms with Gasteiger partial charge in [0.25, 0.3) is 0 Å². The molecular weight excluding hydrogens is 224 g/mol. The Morgan fingerprint density at radius 1 is 1.41 bits per heavy atom. The molecule has 1 rings (SSSR count). The van der Waals surface area contributed by atoms with Crippen molar-refractivity contribution < 1.29 is 19.1 Å². The van der Waals surface area contributed by atoms with E-state index in [0.717, 1.165) is 0 Å². The number of amides is 1. The summed E-state index contributed by atoms with van der Waals surface area (Å²) in [7, 11) is 0. The van der Waals surface area contributed by atoms with Gasteiger partial charge in [0, 0.05) is 13.0 Å².